The molecule has 5 N–H and O–H groups in total. The molecule has 68 valence electrons. The largest absolute Gasteiger partial charge is 0.383 e. The third-order valence-electron chi connectivity index (χ3n) is 1.21. The number of hydrogen-bond acceptors (Lipinski definition) is 3. The number of rotatable bonds is 4. The van der Waals surface area contributed by atoms with Gasteiger partial charge in [-0.15, -0.1) is 0 Å². The van der Waals surface area contributed by atoms with Gasteiger partial charge in [0.15, 0.2) is 11.7 Å². The van der Waals surface area contributed by atoms with Crippen LogP contribution in [-0.2, 0) is 4.79 Å². The van der Waals surface area contributed by atoms with Gasteiger partial charge in [-0.3, -0.25) is 10.2 Å². The fraction of sp³-hybridized carbons (Fsp3) is 0.429. The summed E-state index contributed by atoms with van der Waals surface area (Å²) in [6, 6.07) is 0. The molecule has 1 atom stereocenters. The van der Waals surface area contributed by atoms with Crippen molar-refractivity contribution in [2.75, 3.05) is 6.54 Å². The van der Waals surface area contributed by atoms with E-state index in [4.69, 9.17) is 16.2 Å². The summed E-state index contributed by atoms with van der Waals surface area (Å²) < 4.78 is 0. The van der Waals surface area contributed by atoms with Gasteiger partial charge in [0.25, 0.3) is 0 Å². The van der Waals surface area contributed by atoms with Gasteiger partial charge in [-0.1, -0.05) is 6.58 Å². The lowest BCUT2D eigenvalue weighted by molar-refractivity contribution is -0.122. The van der Waals surface area contributed by atoms with Crippen LogP contribution in [0.5, 0.6) is 0 Å². The van der Waals surface area contributed by atoms with Gasteiger partial charge in [0.1, 0.15) is 6.10 Å². The van der Waals surface area contributed by atoms with E-state index in [-0.39, 0.29) is 18.1 Å². The Morgan fingerprint density at radius 1 is 1.83 bits per heavy atom. The molecule has 5 heteroatoms. The molecule has 0 aliphatic rings. The van der Waals surface area contributed by atoms with E-state index in [1.165, 1.54) is 6.92 Å². The smallest absolute Gasteiger partial charge is 0.188 e. The maximum atomic E-state index is 11.0. The van der Waals surface area contributed by atoms with Crippen LogP contribution < -0.4 is 11.1 Å². The van der Waals surface area contributed by atoms with Crippen molar-refractivity contribution in [1.82, 2.24) is 5.32 Å². The normalized spacial score (nSPS) is 11.8. The molecule has 0 heterocycles. The average Bonchev–Trinajstić information content (AvgIpc) is 1.98. The number of carbonyl (C=O) groups excluding carboxylic acids is 1. The zero-order valence-electron chi connectivity index (χ0n) is 6.92. The zero-order valence-corrected chi connectivity index (χ0v) is 6.92. The molecule has 0 fully saturated rings. The van der Waals surface area contributed by atoms with Crippen LogP contribution in [0.2, 0.25) is 0 Å². The van der Waals surface area contributed by atoms with E-state index in [0.717, 1.165) is 0 Å². The summed E-state index contributed by atoms with van der Waals surface area (Å²) in [6.45, 7) is 4.84. The Balaban J connectivity index is 3.87. The minimum Gasteiger partial charge on any atom is -0.383 e. The highest BCUT2D eigenvalue weighted by atomic mass is 16.3. The van der Waals surface area contributed by atoms with Crippen LogP contribution >= 0.6 is 0 Å². The predicted molar refractivity (Wildman–Crippen MR) is 45.7 cm³/mol. The van der Waals surface area contributed by atoms with Crippen LogP contribution in [0.3, 0.4) is 0 Å². The number of carbonyl (C=O) groups is 1. The molecular weight excluding hydrogens is 158 g/mol. The van der Waals surface area contributed by atoms with Gasteiger partial charge in [-0.2, -0.15) is 0 Å². The molecule has 1 unspecified atom stereocenters. The van der Waals surface area contributed by atoms with Crippen molar-refractivity contribution >= 4 is 11.7 Å². The van der Waals surface area contributed by atoms with Crippen molar-refractivity contribution < 1.29 is 9.90 Å². The van der Waals surface area contributed by atoms with Gasteiger partial charge in [-0.25, -0.2) is 0 Å². The Hall–Kier alpha value is -1.36. The van der Waals surface area contributed by atoms with Gasteiger partial charge < -0.3 is 16.2 Å². The van der Waals surface area contributed by atoms with Crippen molar-refractivity contribution in [3.05, 3.63) is 12.2 Å². The number of aliphatic hydroxyl groups excluding tert-OH is 1. The molecule has 0 radical (unpaired) electrons. The molecule has 12 heavy (non-hydrogen) atoms. The highest BCUT2D eigenvalue weighted by Crippen LogP contribution is 1.94. The van der Waals surface area contributed by atoms with Gasteiger partial charge in [-0.05, 0) is 12.5 Å². The summed E-state index contributed by atoms with van der Waals surface area (Å²) in [5.74, 6) is -0.715. The molecule has 0 bridgehead atoms. The molecule has 0 saturated carbocycles. The van der Waals surface area contributed by atoms with Crippen molar-refractivity contribution in [3.8, 4) is 0 Å². The number of Topliss-reactive ketones (excluding diaryl/α,β-unsaturated/α-hetero) is 1. The summed E-state index contributed by atoms with van der Waals surface area (Å²) >= 11 is 0. The number of ketones is 1. The maximum Gasteiger partial charge on any atom is 0.188 e. The van der Waals surface area contributed by atoms with Gasteiger partial charge in [0.05, 0.1) is 6.54 Å². The Morgan fingerprint density at radius 3 is 2.67 bits per heavy atom. The minimum atomic E-state index is -1.17. The Labute approximate surface area is 70.8 Å². The SMILES string of the molecule is C=C(C)C(=O)C(O)CNC(=N)N. The van der Waals surface area contributed by atoms with Crippen molar-refractivity contribution in [1.29, 1.82) is 5.41 Å². The van der Waals surface area contributed by atoms with E-state index < -0.39 is 11.9 Å². The van der Waals surface area contributed by atoms with E-state index in [0.29, 0.717) is 0 Å². The molecule has 0 saturated heterocycles. The first-order valence-corrected chi connectivity index (χ1v) is 3.41. The number of nitrogens with one attached hydrogen (secondary N) is 2. The molecule has 0 aliphatic carbocycles. The molecular formula is C7H13N3O2. The monoisotopic (exact) mass is 171 g/mol. The summed E-state index contributed by atoms with van der Waals surface area (Å²) in [7, 11) is 0. The Kier molecular flexibility index (Phi) is 3.99. The molecule has 0 amide bonds. The highest BCUT2D eigenvalue weighted by molar-refractivity contribution is 5.97. The fourth-order valence-electron chi connectivity index (χ4n) is 0.584. The fourth-order valence-corrected chi connectivity index (χ4v) is 0.584. The summed E-state index contributed by atoms with van der Waals surface area (Å²) in [5.41, 5.74) is 5.23. The highest BCUT2D eigenvalue weighted by Gasteiger charge is 2.14. The van der Waals surface area contributed by atoms with E-state index in [2.05, 4.69) is 11.9 Å². The standard InChI is InChI=1S/C7H13N3O2/c1-4(2)6(12)5(11)3-10-7(8)9/h5,11H,1,3H2,2H3,(H4,8,9,10). The first-order chi connectivity index (χ1) is 5.45. The second-order valence-electron chi connectivity index (χ2n) is 2.45. The second-order valence-corrected chi connectivity index (χ2v) is 2.45. The predicted octanol–water partition coefficient (Wildman–Crippen LogP) is -1.02. The quantitative estimate of drug-likeness (QED) is 0.247. The number of aliphatic hydroxyl groups is 1. The third-order valence-corrected chi connectivity index (χ3v) is 1.21. The van der Waals surface area contributed by atoms with Gasteiger partial charge in [0.2, 0.25) is 0 Å². The van der Waals surface area contributed by atoms with E-state index >= 15 is 0 Å². The van der Waals surface area contributed by atoms with Crippen LogP contribution in [0, 0.1) is 5.41 Å². The molecule has 0 aliphatic heterocycles. The van der Waals surface area contributed by atoms with Crippen LogP contribution in [0.4, 0.5) is 0 Å². The molecule has 0 aromatic carbocycles. The molecule has 0 aromatic rings. The van der Waals surface area contributed by atoms with Crippen LogP contribution in [0.15, 0.2) is 12.2 Å². The number of hydrogen-bond donors (Lipinski definition) is 4. The van der Waals surface area contributed by atoms with Gasteiger partial charge >= 0.3 is 0 Å². The van der Waals surface area contributed by atoms with E-state index in [1.807, 2.05) is 0 Å². The Bertz CT molecular complexity index is 213. The van der Waals surface area contributed by atoms with Crippen LogP contribution in [0.25, 0.3) is 0 Å². The van der Waals surface area contributed by atoms with Gasteiger partial charge in [0, 0.05) is 0 Å². The molecule has 0 aromatic heterocycles. The molecule has 5 nitrogen and oxygen atoms in total. The lowest BCUT2D eigenvalue weighted by Gasteiger charge is -2.09. The topological polar surface area (TPSA) is 99.2 Å². The second kappa shape index (κ2) is 4.50. The molecule has 0 rings (SSSR count). The summed E-state index contributed by atoms with van der Waals surface area (Å²) in [4.78, 5) is 11.0. The maximum absolute atomic E-state index is 11.0. The van der Waals surface area contributed by atoms with Crippen LogP contribution in [0.1, 0.15) is 6.92 Å². The lowest BCUT2D eigenvalue weighted by atomic mass is 10.1. The van der Waals surface area contributed by atoms with Crippen molar-refractivity contribution in [2.24, 2.45) is 5.73 Å². The number of guanidine groups is 1. The van der Waals surface area contributed by atoms with E-state index in [1.54, 1.807) is 0 Å². The summed E-state index contributed by atoms with van der Waals surface area (Å²) in [6.07, 6.45) is -1.17. The van der Waals surface area contributed by atoms with Crippen molar-refractivity contribution in [3.63, 3.8) is 0 Å². The number of nitrogens with two attached hydrogens (primary N) is 1. The average molecular weight is 171 g/mol. The zero-order chi connectivity index (χ0) is 9.72. The van der Waals surface area contributed by atoms with Crippen LogP contribution in [-0.4, -0.2) is 29.5 Å². The van der Waals surface area contributed by atoms with E-state index in [9.17, 15) is 4.79 Å². The first kappa shape index (κ1) is 10.6. The molecule has 0 spiro atoms. The Morgan fingerprint density at radius 2 is 2.33 bits per heavy atom. The summed E-state index contributed by atoms with van der Waals surface area (Å²) in [5, 5.41) is 18.2. The minimum absolute atomic E-state index is 0.0545. The van der Waals surface area contributed by atoms with Crippen molar-refractivity contribution in [2.45, 2.75) is 13.0 Å². The lowest BCUT2D eigenvalue weighted by Crippen LogP contribution is -2.39. The first-order valence-electron chi connectivity index (χ1n) is 3.41. The third kappa shape index (κ3) is 3.72.